The third-order valence-electron chi connectivity index (χ3n) is 10.8. The van der Waals surface area contributed by atoms with Gasteiger partial charge in [0.1, 0.15) is 0 Å². The summed E-state index contributed by atoms with van der Waals surface area (Å²) in [6, 6.07) is 49.7. The maximum atomic E-state index is 2.75. The van der Waals surface area contributed by atoms with E-state index in [1.807, 2.05) is 0 Å². The molecule has 0 spiro atoms. The van der Waals surface area contributed by atoms with E-state index in [-0.39, 0.29) is 12.0 Å². The number of fused-ring (bicyclic) bond motifs is 8. The van der Waals surface area contributed by atoms with Crippen molar-refractivity contribution < 1.29 is 0 Å². The van der Waals surface area contributed by atoms with E-state index in [1.54, 1.807) is 0 Å². The molecule has 220 valence electrons. The SMILES string of the molecule is C1=CC2=C(CC1)c1ccccc1C(N1C3=Cc4c(c5ccccc5n4-c4ccccc4)CC3c3ccccc31)C2c1ccccc1. The lowest BCUT2D eigenvalue weighted by Crippen LogP contribution is -2.35. The Morgan fingerprint density at radius 2 is 1.37 bits per heavy atom. The summed E-state index contributed by atoms with van der Waals surface area (Å²) >= 11 is 0. The highest BCUT2D eigenvalue weighted by Gasteiger charge is 2.47. The number of hydrogen-bond donors (Lipinski definition) is 0. The summed E-state index contributed by atoms with van der Waals surface area (Å²) < 4.78 is 2.49. The molecular formula is C44H34N2. The first-order chi connectivity index (χ1) is 22.9. The van der Waals surface area contributed by atoms with Crippen molar-refractivity contribution in [2.75, 3.05) is 4.90 Å². The molecule has 0 N–H and O–H groups in total. The number of hydrogen-bond acceptors (Lipinski definition) is 1. The third kappa shape index (κ3) is 3.64. The Hall–Kier alpha value is -5.34. The van der Waals surface area contributed by atoms with Gasteiger partial charge in [0.2, 0.25) is 0 Å². The van der Waals surface area contributed by atoms with Crippen molar-refractivity contribution in [1.82, 2.24) is 4.57 Å². The second kappa shape index (κ2) is 10.1. The maximum Gasteiger partial charge on any atom is 0.0703 e. The zero-order chi connectivity index (χ0) is 30.2. The second-order valence-corrected chi connectivity index (χ2v) is 13.1. The van der Waals surface area contributed by atoms with Crippen molar-refractivity contribution in [1.29, 1.82) is 0 Å². The van der Waals surface area contributed by atoms with Crippen molar-refractivity contribution in [2.24, 2.45) is 0 Å². The predicted molar refractivity (Wildman–Crippen MR) is 190 cm³/mol. The van der Waals surface area contributed by atoms with Crippen molar-refractivity contribution in [3.05, 3.63) is 190 Å². The fraction of sp³-hybridized carbons (Fsp3) is 0.136. The molecule has 46 heavy (non-hydrogen) atoms. The Bertz CT molecular complexity index is 2250. The standard InChI is InChI=1S/C44H34N2/c1-3-15-29(16-4-1)43-35-23-9-7-19-31(35)32-20-8-10-24-36(32)44(43)46-40-26-14-12-22-34(40)38-27-37-33-21-11-13-25-39(33)45(41(37)28-42(38)46)30-17-5-2-6-18-30/h1-6,8-18,20-26,28,38,43-44H,7,19,27H2. The van der Waals surface area contributed by atoms with Crippen LogP contribution in [0, 0.1) is 0 Å². The Kier molecular flexibility index (Phi) is 5.69. The average Bonchev–Trinajstić information content (AvgIpc) is 3.62. The summed E-state index contributed by atoms with van der Waals surface area (Å²) in [6.45, 7) is 0. The highest BCUT2D eigenvalue weighted by atomic mass is 15.2. The van der Waals surface area contributed by atoms with E-state index in [9.17, 15) is 0 Å². The van der Waals surface area contributed by atoms with Crippen molar-refractivity contribution in [3.8, 4) is 5.69 Å². The van der Waals surface area contributed by atoms with Gasteiger partial charge in [-0.1, -0.05) is 121 Å². The number of para-hydroxylation sites is 3. The molecule has 1 aliphatic heterocycles. The summed E-state index contributed by atoms with van der Waals surface area (Å²) in [6.07, 6.45) is 10.6. The smallest absolute Gasteiger partial charge is 0.0703 e. The fourth-order valence-corrected chi connectivity index (χ4v) is 9.01. The molecule has 5 aromatic carbocycles. The molecule has 3 atom stereocenters. The van der Waals surface area contributed by atoms with Crippen molar-refractivity contribution in [3.63, 3.8) is 0 Å². The predicted octanol–water partition coefficient (Wildman–Crippen LogP) is 10.8. The number of aromatic nitrogens is 1. The maximum absolute atomic E-state index is 2.75. The first-order valence-corrected chi connectivity index (χ1v) is 16.7. The third-order valence-corrected chi connectivity index (χ3v) is 10.8. The van der Waals surface area contributed by atoms with E-state index in [4.69, 9.17) is 0 Å². The lowest BCUT2D eigenvalue weighted by Gasteiger charge is -2.44. The normalized spacial score (nSPS) is 20.9. The highest BCUT2D eigenvalue weighted by molar-refractivity contribution is 5.93. The van der Waals surface area contributed by atoms with Gasteiger partial charge in [0.05, 0.1) is 17.3 Å². The average molecular weight is 591 g/mol. The molecule has 0 amide bonds. The van der Waals surface area contributed by atoms with Gasteiger partial charge in [-0.2, -0.15) is 0 Å². The molecule has 0 saturated heterocycles. The summed E-state index contributed by atoms with van der Waals surface area (Å²) in [4.78, 5) is 2.75. The van der Waals surface area contributed by atoms with Gasteiger partial charge in [-0.25, -0.2) is 0 Å². The molecule has 3 unspecified atom stereocenters. The van der Waals surface area contributed by atoms with Gasteiger partial charge < -0.3 is 9.47 Å². The van der Waals surface area contributed by atoms with Crippen LogP contribution in [0.3, 0.4) is 0 Å². The molecule has 0 fully saturated rings. The number of allylic oxidation sites excluding steroid dienone is 4. The Morgan fingerprint density at radius 3 is 2.24 bits per heavy atom. The first-order valence-electron chi connectivity index (χ1n) is 16.7. The van der Waals surface area contributed by atoms with Gasteiger partial charge in [-0.3, -0.25) is 0 Å². The van der Waals surface area contributed by atoms with Gasteiger partial charge in [-0.05, 0) is 88.6 Å². The molecule has 4 aliphatic rings. The molecule has 0 bridgehead atoms. The summed E-state index contributed by atoms with van der Waals surface area (Å²) in [7, 11) is 0. The molecule has 1 aromatic heterocycles. The minimum absolute atomic E-state index is 0.133. The van der Waals surface area contributed by atoms with Crippen molar-refractivity contribution >= 4 is 28.2 Å². The quantitative estimate of drug-likeness (QED) is 0.199. The van der Waals surface area contributed by atoms with Crippen LogP contribution in [-0.4, -0.2) is 4.57 Å². The van der Waals surface area contributed by atoms with Crippen LogP contribution in [0.4, 0.5) is 5.69 Å². The van der Waals surface area contributed by atoms with Crippen LogP contribution < -0.4 is 4.90 Å². The van der Waals surface area contributed by atoms with Gasteiger partial charge >= 0.3 is 0 Å². The Morgan fingerprint density at radius 1 is 0.652 bits per heavy atom. The number of nitrogens with zero attached hydrogens (tertiary/aromatic N) is 2. The molecule has 0 saturated carbocycles. The van der Waals surface area contributed by atoms with Gasteiger partial charge in [0.15, 0.2) is 0 Å². The summed E-state index contributed by atoms with van der Waals surface area (Å²) in [5, 5.41) is 1.36. The van der Waals surface area contributed by atoms with E-state index in [2.05, 4.69) is 161 Å². The lowest BCUT2D eigenvalue weighted by molar-refractivity contribution is 0.575. The summed E-state index contributed by atoms with van der Waals surface area (Å²) in [5.41, 5.74) is 16.7. The van der Waals surface area contributed by atoms with Crippen LogP contribution in [0.2, 0.25) is 0 Å². The second-order valence-electron chi connectivity index (χ2n) is 13.1. The molecule has 2 heteroatoms. The van der Waals surface area contributed by atoms with E-state index in [1.165, 1.54) is 72.6 Å². The summed E-state index contributed by atoms with van der Waals surface area (Å²) in [5.74, 6) is 0.524. The van der Waals surface area contributed by atoms with Crippen LogP contribution in [0.25, 0.3) is 28.2 Å². The van der Waals surface area contributed by atoms with E-state index >= 15 is 0 Å². The van der Waals surface area contributed by atoms with Crippen LogP contribution in [0.15, 0.2) is 157 Å². The molecule has 10 rings (SSSR count). The van der Waals surface area contributed by atoms with Crippen LogP contribution in [0.1, 0.15) is 64.2 Å². The zero-order valence-corrected chi connectivity index (χ0v) is 25.7. The fourth-order valence-electron chi connectivity index (χ4n) is 9.01. The minimum Gasteiger partial charge on any atom is -0.336 e. The molecule has 2 heterocycles. The van der Waals surface area contributed by atoms with Crippen LogP contribution >= 0.6 is 0 Å². The molecule has 3 aliphatic carbocycles. The zero-order valence-electron chi connectivity index (χ0n) is 25.7. The van der Waals surface area contributed by atoms with E-state index in [0.29, 0.717) is 5.92 Å². The van der Waals surface area contributed by atoms with Gasteiger partial charge in [-0.15, -0.1) is 0 Å². The highest BCUT2D eigenvalue weighted by Crippen LogP contribution is 2.59. The largest absolute Gasteiger partial charge is 0.336 e. The Labute approximate surface area is 270 Å². The topological polar surface area (TPSA) is 8.17 Å². The minimum atomic E-state index is 0.133. The molecular weight excluding hydrogens is 556 g/mol. The van der Waals surface area contributed by atoms with E-state index in [0.717, 1.165) is 19.3 Å². The molecule has 6 aromatic rings. The van der Waals surface area contributed by atoms with E-state index < -0.39 is 0 Å². The number of rotatable bonds is 3. The van der Waals surface area contributed by atoms with Gasteiger partial charge in [0, 0.05) is 34.3 Å². The van der Waals surface area contributed by atoms with Gasteiger partial charge in [0.25, 0.3) is 0 Å². The lowest BCUT2D eigenvalue weighted by atomic mass is 9.69. The monoisotopic (exact) mass is 590 g/mol. The van der Waals surface area contributed by atoms with Crippen molar-refractivity contribution in [2.45, 2.75) is 37.1 Å². The number of anilines is 1. The Balaban J connectivity index is 1.26. The molecule has 2 nitrogen and oxygen atoms in total. The van der Waals surface area contributed by atoms with Crippen LogP contribution in [0.5, 0.6) is 0 Å². The number of benzene rings is 5. The molecule has 0 radical (unpaired) electrons. The van der Waals surface area contributed by atoms with Crippen LogP contribution in [-0.2, 0) is 6.42 Å². The first kappa shape index (κ1) is 25.9.